The second kappa shape index (κ2) is 3.00. The Morgan fingerprint density at radius 3 is 1.50 bits per heavy atom. The normalized spacial score (nSPS) is 42.6. The van der Waals surface area contributed by atoms with Crippen LogP contribution in [0.1, 0.15) is 61.8 Å². The third-order valence-corrected chi connectivity index (χ3v) is 6.37. The van der Waals surface area contributed by atoms with Gasteiger partial charge in [0.15, 0.2) is 0 Å². The van der Waals surface area contributed by atoms with Crippen LogP contribution in [0.4, 0.5) is 0 Å². The lowest BCUT2D eigenvalue weighted by molar-refractivity contribution is 0.218. The molecule has 1 fully saturated rings. The molecule has 0 spiro atoms. The van der Waals surface area contributed by atoms with Crippen LogP contribution in [0, 0.1) is 28.1 Å². The van der Waals surface area contributed by atoms with Crippen LogP contribution in [0.3, 0.4) is 0 Å². The zero-order valence-corrected chi connectivity index (χ0v) is 11.4. The predicted octanol–water partition coefficient (Wildman–Crippen LogP) is 4.74. The summed E-state index contributed by atoms with van der Waals surface area (Å²) in [6.45, 7) is 19.4. The van der Waals surface area contributed by atoms with Gasteiger partial charge in [-0.1, -0.05) is 61.8 Å². The van der Waals surface area contributed by atoms with Gasteiger partial charge in [-0.15, -0.1) is 0 Å². The van der Waals surface area contributed by atoms with Crippen LogP contribution in [0.5, 0.6) is 0 Å². The quantitative estimate of drug-likeness (QED) is 0.611. The van der Waals surface area contributed by atoms with E-state index in [1.807, 2.05) is 0 Å². The second-order valence-corrected chi connectivity index (χ2v) is 6.49. The minimum absolute atomic E-state index is 0.504. The highest BCUT2D eigenvalue weighted by Crippen LogP contribution is 2.83. The summed E-state index contributed by atoms with van der Waals surface area (Å²) in [7, 11) is 0. The number of rotatable bonds is 3. The van der Waals surface area contributed by atoms with Gasteiger partial charge in [0.2, 0.25) is 0 Å². The Balaban J connectivity index is 3.05. The Labute approximate surface area is 90.5 Å². The summed E-state index contributed by atoms with van der Waals surface area (Å²) < 4.78 is 0. The van der Waals surface area contributed by atoms with Crippen molar-refractivity contribution in [3.05, 3.63) is 0 Å². The molecule has 0 aliphatic heterocycles. The fourth-order valence-corrected chi connectivity index (χ4v) is 4.28. The first-order valence-electron chi connectivity index (χ1n) is 6.17. The summed E-state index contributed by atoms with van der Waals surface area (Å²) in [6, 6.07) is 0. The van der Waals surface area contributed by atoms with Crippen molar-refractivity contribution in [2.24, 2.45) is 28.1 Å². The molecule has 0 nitrogen and oxygen atoms in total. The molecule has 0 radical (unpaired) electrons. The maximum atomic E-state index is 2.50. The molecule has 0 bridgehead atoms. The summed E-state index contributed by atoms with van der Waals surface area (Å²) in [5, 5.41) is 0. The van der Waals surface area contributed by atoms with Gasteiger partial charge in [0.1, 0.15) is 0 Å². The Bertz CT molecular complexity index is 226. The van der Waals surface area contributed by atoms with Crippen LogP contribution in [-0.4, -0.2) is 0 Å². The Hall–Kier alpha value is 0. The van der Waals surface area contributed by atoms with Gasteiger partial charge in [-0.3, -0.25) is 0 Å². The first-order chi connectivity index (χ1) is 6.17. The van der Waals surface area contributed by atoms with E-state index in [9.17, 15) is 0 Å². The molecule has 0 aromatic rings. The fourth-order valence-electron chi connectivity index (χ4n) is 4.28. The van der Waals surface area contributed by atoms with Gasteiger partial charge in [0.25, 0.3) is 0 Å². The van der Waals surface area contributed by atoms with Crippen molar-refractivity contribution in [3.63, 3.8) is 0 Å². The van der Waals surface area contributed by atoms with Crippen LogP contribution < -0.4 is 0 Å². The molecule has 1 aliphatic carbocycles. The van der Waals surface area contributed by atoms with Gasteiger partial charge in [-0.2, -0.15) is 0 Å². The highest BCUT2D eigenvalue weighted by Gasteiger charge is 2.78. The van der Waals surface area contributed by atoms with Crippen LogP contribution in [0.25, 0.3) is 0 Å². The van der Waals surface area contributed by atoms with Gasteiger partial charge < -0.3 is 0 Å². The molecule has 1 aliphatic rings. The molecule has 14 heavy (non-hydrogen) atoms. The van der Waals surface area contributed by atoms with E-state index in [1.54, 1.807) is 0 Å². The lowest BCUT2D eigenvalue weighted by Gasteiger charge is -2.27. The highest BCUT2D eigenvalue weighted by molar-refractivity contribution is 5.25. The zero-order valence-electron chi connectivity index (χ0n) is 11.4. The molecule has 0 aromatic heterocycles. The number of hydrogen-bond donors (Lipinski definition) is 0. The van der Waals surface area contributed by atoms with Gasteiger partial charge in [-0.05, 0) is 28.1 Å². The highest BCUT2D eigenvalue weighted by atomic mass is 14.8. The van der Waals surface area contributed by atoms with Crippen molar-refractivity contribution in [3.8, 4) is 0 Å². The van der Waals surface area contributed by atoms with Gasteiger partial charge >= 0.3 is 0 Å². The standard InChI is InChI=1S/C14H28/c1-9-11(4)14(8)12(5,6)13(14,7)10(2)3/h10-11H,9H2,1-8H3. The topological polar surface area (TPSA) is 0 Å². The Morgan fingerprint density at radius 1 is 0.857 bits per heavy atom. The largest absolute Gasteiger partial charge is 0.0651 e. The van der Waals surface area contributed by atoms with Crippen molar-refractivity contribution < 1.29 is 0 Å². The van der Waals surface area contributed by atoms with Crippen molar-refractivity contribution in [1.29, 1.82) is 0 Å². The number of hydrogen-bond acceptors (Lipinski definition) is 0. The van der Waals surface area contributed by atoms with Gasteiger partial charge in [-0.25, -0.2) is 0 Å². The van der Waals surface area contributed by atoms with Crippen molar-refractivity contribution >= 4 is 0 Å². The molecule has 0 saturated heterocycles. The fraction of sp³-hybridized carbons (Fsp3) is 1.00. The maximum Gasteiger partial charge on any atom is -0.0182 e. The van der Waals surface area contributed by atoms with E-state index < -0.39 is 0 Å². The first kappa shape index (κ1) is 12.1. The Kier molecular flexibility index (Phi) is 2.58. The summed E-state index contributed by atoms with van der Waals surface area (Å²) >= 11 is 0. The molecule has 0 N–H and O–H groups in total. The molecular weight excluding hydrogens is 168 g/mol. The predicted molar refractivity (Wildman–Crippen MR) is 64.3 cm³/mol. The molecular formula is C14H28. The van der Waals surface area contributed by atoms with E-state index >= 15 is 0 Å². The van der Waals surface area contributed by atoms with E-state index in [0.717, 1.165) is 11.8 Å². The Morgan fingerprint density at radius 2 is 1.29 bits per heavy atom. The molecule has 1 saturated carbocycles. The average Bonchev–Trinajstić information content (AvgIpc) is 2.46. The minimum Gasteiger partial charge on any atom is -0.0651 e. The van der Waals surface area contributed by atoms with Crippen LogP contribution in [0.15, 0.2) is 0 Å². The van der Waals surface area contributed by atoms with E-state index in [0.29, 0.717) is 16.2 Å². The summed E-state index contributed by atoms with van der Waals surface area (Å²) in [5.74, 6) is 1.63. The van der Waals surface area contributed by atoms with E-state index in [1.165, 1.54) is 6.42 Å². The lowest BCUT2D eigenvalue weighted by Crippen LogP contribution is -2.20. The van der Waals surface area contributed by atoms with E-state index in [-0.39, 0.29) is 0 Å². The molecule has 84 valence electrons. The average molecular weight is 196 g/mol. The lowest BCUT2D eigenvalue weighted by atomic mass is 9.78. The molecule has 1 rings (SSSR count). The van der Waals surface area contributed by atoms with Gasteiger partial charge in [0, 0.05) is 0 Å². The molecule has 0 amide bonds. The molecule has 3 atom stereocenters. The minimum atomic E-state index is 0.504. The first-order valence-corrected chi connectivity index (χ1v) is 6.17. The summed E-state index contributed by atoms with van der Waals surface area (Å²) in [5.41, 5.74) is 1.56. The van der Waals surface area contributed by atoms with Gasteiger partial charge in [0.05, 0.1) is 0 Å². The molecule has 3 unspecified atom stereocenters. The van der Waals surface area contributed by atoms with Crippen LogP contribution >= 0.6 is 0 Å². The van der Waals surface area contributed by atoms with E-state index in [2.05, 4.69) is 55.4 Å². The van der Waals surface area contributed by atoms with Crippen LogP contribution in [0.2, 0.25) is 0 Å². The van der Waals surface area contributed by atoms with Crippen molar-refractivity contribution in [2.75, 3.05) is 0 Å². The molecule has 0 aromatic carbocycles. The monoisotopic (exact) mass is 196 g/mol. The third kappa shape index (κ3) is 0.955. The smallest absolute Gasteiger partial charge is 0.0182 e. The SMILES string of the molecule is CCC(C)C1(C)C(C)(C)C1(C)C(C)C. The third-order valence-electron chi connectivity index (χ3n) is 6.37. The maximum absolute atomic E-state index is 2.50. The van der Waals surface area contributed by atoms with E-state index in [4.69, 9.17) is 0 Å². The van der Waals surface area contributed by atoms with Crippen LogP contribution in [-0.2, 0) is 0 Å². The summed E-state index contributed by atoms with van der Waals surface area (Å²) in [4.78, 5) is 0. The van der Waals surface area contributed by atoms with Crippen molar-refractivity contribution in [2.45, 2.75) is 61.8 Å². The summed E-state index contributed by atoms with van der Waals surface area (Å²) in [6.07, 6.45) is 1.31. The second-order valence-electron chi connectivity index (χ2n) is 6.49. The molecule has 0 heterocycles. The molecule has 0 heteroatoms. The zero-order chi connectivity index (χ0) is 11.4. The van der Waals surface area contributed by atoms with Crippen molar-refractivity contribution in [1.82, 2.24) is 0 Å².